The molecule has 1 N–H and O–H groups in total. The summed E-state index contributed by atoms with van der Waals surface area (Å²) in [7, 11) is 1.98. The van der Waals surface area contributed by atoms with Crippen LogP contribution in [-0.4, -0.2) is 16.3 Å². The summed E-state index contributed by atoms with van der Waals surface area (Å²) in [5, 5.41) is 7.58. The van der Waals surface area contributed by atoms with Crippen LogP contribution in [0.2, 0.25) is 0 Å². The van der Waals surface area contributed by atoms with Crippen LogP contribution in [-0.2, 0) is 13.6 Å². The van der Waals surface area contributed by atoms with E-state index in [9.17, 15) is 0 Å². The van der Waals surface area contributed by atoms with Gasteiger partial charge in [-0.15, -0.1) is 12.4 Å². The minimum absolute atomic E-state index is 0. The molecule has 0 bridgehead atoms. The van der Waals surface area contributed by atoms with Gasteiger partial charge in [-0.05, 0) is 19.0 Å². The molecule has 0 aliphatic rings. The molecule has 0 aromatic carbocycles. The van der Waals surface area contributed by atoms with Crippen molar-refractivity contribution in [2.75, 3.05) is 6.54 Å². The molecule has 0 radical (unpaired) electrons. The van der Waals surface area contributed by atoms with Gasteiger partial charge in [-0.3, -0.25) is 4.68 Å². The topological polar surface area (TPSA) is 29.9 Å². The van der Waals surface area contributed by atoms with Crippen molar-refractivity contribution in [2.24, 2.45) is 7.05 Å². The maximum Gasteiger partial charge on any atom is 0.0518 e. The quantitative estimate of drug-likeness (QED) is 0.714. The molecule has 1 rings (SSSR count). The smallest absolute Gasteiger partial charge is 0.0518 e. The van der Waals surface area contributed by atoms with E-state index in [1.54, 1.807) is 0 Å². The van der Waals surface area contributed by atoms with Crippen LogP contribution in [0.15, 0.2) is 12.3 Å². The van der Waals surface area contributed by atoms with E-state index in [1.165, 1.54) is 37.8 Å². The monoisotopic (exact) mass is 245 g/mol. The zero-order valence-corrected chi connectivity index (χ0v) is 11.2. The standard InChI is InChI=1S/C12H23N3.ClH/c1-3-4-5-6-7-9-13-11-12-8-10-14-15(12)2;/h8,10,13H,3-7,9,11H2,1-2H3;1H. The highest BCUT2D eigenvalue weighted by molar-refractivity contribution is 5.85. The van der Waals surface area contributed by atoms with Crippen LogP contribution in [0.25, 0.3) is 0 Å². The van der Waals surface area contributed by atoms with Crippen molar-refractivity contribution >= 4 is 12.4 Å². The molecule has 1 aromatic rings. The minimum Gasteiger partial charge on any atom is -0.311 e. The van der Waals surface area contributed by atoms with Crippen molar-refractivity contribution in [1.29, 1.82) is 0 Å². The molecule has 16 heavy (non-hydrogen) atoms. The number of aromatic nitrogens is 2. The van der Waals surface area contributed by atoms with Crippen molar-refractivity contribution in [3.63, 3.8) is 0 Å². The second-order valence-electron chi connectivity index (χ2n) is 4.04. The van der Waals surface area contributed by atoms with Crippen molar-refractivity contribution < 1.29 is 0 Å². The molecule has 0 aliphatic carbocycles. The van der Waals surface area contributed by atoms with Gasteiger partial charge in [0.2, 0.25) is 0 Å². The van der Waals surface area contributed by atoms with E-state index in [1.807, 2.05) is 17.9 Å². The summed E-state index contributed by atoms with van der Waals surface area (Å²) in [6.07, 6.45) is 8.57. The van der Waals surface area contributed by atoms with Gasteiger partial charge in [0.25, 0.3) is 0 Å². The third-order valence-electron chi connectivity index (χ3n) is 2.69. The van der Waals surface area contributed by atoms with E-state index in [0.29, 0.717) is 0 Å². The van der Waals surface area contributed by atoms with Gasteiger partial charge in [0.05, 0.1) is 5.69 Å². The lowest BCUT2D eigenvalue weighted by atomic mass is 10.1. The fourth-order valence-corrected chi connectivity index (χ4v) is 1.64. The van der Waals surface area contributed by atoms with E-state index < -0.39 is 0 Å². The van der Waals surface area contributed by atoms with E-state index in [2.05, 4.69) is 23.4 Å². The number of halogens is 1. The average Bonchev–Trinajstić information content (AvgIpc) is 2.63. The Morgan fingerprint density at radius 1 is 1.25 bits per heavy atom. The lowest BCUT2D eigenvalue weighted by Crippen LogP contribution is -2.16. The molecule has 0 amide bonds. The van der Waals surface area contributed by atoms with Gasteiger partial charge >= 0.3 is 0 Å². The highest BCUT2D eigenvalue weighted by Crippen LogP contribution is 2.01. The summed E-state index contributed by atoms with van der Waals surface area (Å²) >= 11 is 0. The molecule has 1 aromatic heterocycles. The van der Waals surface area contributed by atoms with Gasteiger partial charge < -0.3 is 5.32 Å². The summed E-state index contributed by atoms with van der Waals surface area (Å²) in [4.78, 5) is 0. The second-order valence-corrected chi connectivity index (χ2v) is 4.04. The van der Waals surface area contributed by atoms with Crippen molar-refractivity contribution in [2.45, 2.75) is 45.6 Å². The van der Waals surface area contributed by atoms with Crippen molar-refractivity contribution in [3.8, 4) is 0 Å². The summed E-state index contributed by atoms with van der Waals surface area (Å²) in [6, 6.07) is 2.06. The van der Waals surface area contributed by atoms with Gasteiger partial charge in [0.15, 0.2) is 0 Å². The minimum atomic E-state index is 0. The SMILES string of the molecule is CCCCCCCNCc1ccnn1C.Cl. The molecule has 0 fully saturated rings. The van der Waals surface area contributed by atoms with Crippen LogP contribution in [0.1, 0.15) is 44.7 Å². The maximum absolute atomic E-state index is 4.13. The zero-order chi connectivity index (χ0) is 10.9. The van der Waals surface area contributed by atoms with Crippen molar-refractivity contribution in [1.82, 2.24) is 15.1 Å². The first kappa shape index (κ1) is 15.5. The van der Waals surface area contributed by atoms with Crippen LogP contribution < -0.4 is 5.32 Å². The maximum atomic E-state index is 4.13. The summed E-state index contributed by atoms with van der Waals surface area (Å²) in [6.45, 7) is 4.31. The van der Waals surface area contributed by atoms with Crippen LogP contribution >= 0.6 is 12.4 Å². The van der Waals surface area contributed by atoms with E-state index in [0.717, 1.165) is 13.1 Å². The number of nitrogens with one attached hydrogen (secondary N) is 1. The van der Waals surface area contributed by atoms with E-state index in [4.69, 9.17) is 0 Å². The van der Waals surface area contributed by atoms with Gasteiger partial charge in [0, 0.05) is 19.8 Å². The Labute approximate surface area is 105 Å². The third kappa shape index (κ3) is 6.13. The van der Waals surface area contributed by atoms with Crippen molar-refractivity contribution in [3.05, 3.63) is 18.0 Å². The molecular weight excluding hydrogens is 222 g/mol. The molecule has 3 nitrogen and oxygen atoms in total. The normalized spacial score (nSPS) is 10.1. The second kappa shape index (κ2) is 9.67. The lowest BCUT2D eigenvalue weighted by Gasteiger charge is -2.04. The number of hydrogen-bond acceptors (Lipinski definition) is 2. The molecule has 0 saturated heterocycles. The van der Waals surface area contributed by atoms with Crippen LogP contribution in [0.4, 0.5) is 0 Å². The summed E-state index contributed by atoms with van der Waals surface area (Å²) in [5.41, 5.74) is 1.25. The Bertz CT molecular complexity index is 261. The van der Waals surface area contributed by atoms with Gasteiger partial charge in [-0.1, -0.05) is 32.6 Å². The Kier molecular flexibility index (Phi) is 9.34. The highest BCUT2D eigenvalue weighted by atomic mass is 35.5. The van der Waals surface area contributed by atoms with Crippen LogP contribution in [0.3, 0.4) is 0 Å². The predicted octanol–water partition coefficient (Wildman–Crippen LogP) is 2.90. The van der Waals surface area contributed by atoms with Gasteiger partial charge in [-0.25, -0.2) is 0 Å². The molecule has 0 spiro atoms. The fraction of sp³-hybridized carbons (Fsp3) is 0.750. The summed E-state index contributed by atoms with van der Waals surface area (Å²) < 4.78 is 1.92. The Hall–Kier alpha value is -0.540. The van der Waals surface area contributed by atoms with Crippen LogP contribution in [0.5, 0.6) is 0 Å². The number of hydrogen-bond donors (Lipinski definition) is 1. The molecule has 0 atom stereocenters. The van der Waals surface area contributed by atoms with Gasteiger partial charge in [0.1, 0.15) is 0 Å². The Morgan fingerprint density at radius 2 is 2.00 bits per heavy atom. The zero-order valence-electron chi connectivity index (χ0n) is 10.4. The summed E-state index contributed by atoms with van der Waals surface area (Å²) in [5.74, 6) is 0. The molecular formula is C12H24ClN3. The van der Waals surface area contributed by atoms with Gasteiger partial charge in [-0.2, -0.15) is 5.10 Å². The molecule has 0 aliphatic heterocycles. The molecule has 94 valence electrons. The number of nitrogens with zero attached hydrogens (tertiary/aromatic N) is 2. The van der Waals surface area contributed by atoms with E-state index >= 15 is 0 Å². The first-order valence-corrected chi connectivity index (χ1v) is 6.02. The number of rotatable bonds is 8. The number of unbranched alkanes of at least 4 members (excludes halogenated alkanes) is 4. The van der Waals surface area contributed by atoms with E-state index in [-0.39, 0.29) is 12.4 Å². The first-order chi connectivity index (χ1) is 7.34. The number of aryl methyl sites for hydroxylation is 1. The predicted molar refractivity (Wildman–Crippen MR) is 70.9 cm³/mol. The Morgan fingerprint density at radius 3 is 2.62 bits per heavy atom. The molecule has 0 unspecified atom stereocenters. The highest BCUT2D eigenvalue weighted by Gasteiger charge is 1.96. The molecule has 1 heterocycles. The largest absolute Gasteiger partial charge is 0.311 e. The molecule has 0 saturated carbocycles. The molecule has 4 heteroatoms. The first-order valence-electron chi connectivity index (χ1n) is 6.02. The Balaban J connectivity index is 0.00000225. The third-order valence-corrected chi connectivity index (χ3v) is 2.69. The lowest BCUT2D eigenvalue weighted by molar-refractivity contribution is 0.568. The van der Waals surface area contributed by atoms with Crippen LogP contribution in [0, 0.1) is 0 Å². The fourth-order valence-electron chi connectivity index (χ4n) is 1.64. The average molecular weight is 246 g/mol.